The minimum Gasteiger partial charge on any atom is -0.386 e. The van der Waals surface area contributed by atoms with Crippen molar-refractivity contribution in [2.75, 3.05) is 11.9 Å². The molecule has 130 valence electrons. The second kappa shape index (κ2) is 7.18. The topological polar surface area (TPSA) is 66.4 Å². The zero-order valence-electron chi connectivity index (χ0n) is 12.1. The van der Waals surface area contributed by atoms with Gasteiger partial charge in [-0.05, 0) is 24.3 Å². The van der Waals surface area contributed by atoms with Crippen molar-refractivity contribution in [3.05, 3.63) is 59.7 Å². The molecule has 0 saturated heterocycles. The Morgan fingerprint density at radius 1 is 1.00 bits per heavy atom. The number of halogens is 4. The lowest BCUT2D eigenvalue weighted by atomic mass is 10.1. The molecule has 0 radical (unpaired) electrons. The van der Waals surface area contributed by atoms with Gasteiger partial charge in [0.15, 0.2) is 0 Å². The highest BCUT2D eigenvalue weighted by Gasteiger charge is 2.29. The van der Waals surface area contributed by atoms with Gasteiger partial charge in [0.2, 0.25) is 9.84 Å². The molecule has 2 aromatic rings. The summed E-state index contributed by atoms with van der Waals surface area (Å²) in [5.41, 5.74) is -0.798. The Labute approximate surface area is 135 Å². The van der Waals surface area contributed by atoms with Crippen molar-refractivity contribution in [1.29, 1.82) is 0 Å². The van der Waals surface area contributed by atoms with Crippen molar-refractivity contribution in [3.63, 3.8) is 0 Å². The summed E-state index contributed by atoms with van der Waals surface area (Å²) in [6.07, 6.45) is -1.64. The third-order valence-electron chi connectivity index (χ3n) is 3.25. The van der Waals surface area contributed by atoms with Gasteiger partial charge >= 0.3 is 5.76 Å². The zero-order valence-corrected chi connectivity index (χ0v) is 12.9. The maximum atomic E-state index is 13.6. The van der Waals surface area contributed by atoms with E-state index in [9.17, 15) is 31.1 Å². The van der Waals surface area contributed by atoms with Crippen molar-refractivity contribution in [2.45, 2.75) is 16.8 Å². The molecule has 2 N–H and O–H groups in total. The first-order chi connectivity index (χ1) is 11.2. The van der Waals surface area contributed by atoms with E-state index in [1.54, 1.807) is 0 Å². The lowest BCUT2D eigenvalue weighted by molar-refractivity contribution is 0.181. The first kappa shape index (κ1) is 18.2. The molecule has 0 bridgehead atoms. The number of aliphatic hydroxyl groups is 1. The smallest absolute Gasteiger partial charge is 0.341 e. The molecule has 2 rings (SSSR count). The second-order valence-corrected chi connectivity index (χ2v) is 6.72. The van der Waals surface area contributed by atoms with Gasteiger partial charge < -0.3 is 10.4 Å². The Bertz CT molecular complexity index is 807. The summed E-state index contributed by atoms with van der Waals surface area (Å²) in [6.45, 7) is -0.479. The van der Waals surface area contributed by atoms with Gasteiger partial charge in [-0.1, -0.05) is 18.2 Å². The Kier molecular flexibility index (Phi) is 5.45. The van der Waals surface area contributed by atoms with E-state index in [-0.39, 0.29) is 5.69 Å². The fourth-order valence-corrected chi connectivity index (χ4v) is 3.00. The summed E-state index contributed by atoms with van der Waals surface area (Å²) < 4.78 is 75.7. The first-order valence-electron chi connectivity index (χ1n) is 6.72. The van der Waals surface area contributed by atoms with E-state index in [2.05, 4.69) is 5.32 Å². The molecular weight excluding hydrogens is 350 g/mol. The van der Waals surface area contributed by atoms with Crippen LogP contribution in [0.2, 0.25) is 0 Å². The van der Waals surface area contributed by atoms with E-state index in [0.717, 1.165) is 24.3 Å². The second-order valence-electron chi connectivity index (χ2n) is 4.83. The van der Waals surface area contributed by atoms with Crippen LogP contribution in [0, 0.1) is 11.6 Å². The van der Waals surface area contributed by atoms with Crippen LogP contribution in [0.25, 0.3) is 0 Å². The van der Waals surface area contributed by atoms with Gasteiger partial charge in [0.1, 0.15) is 17.7 Å². The minimum atomic E-state index is -4.86. The predicted molar refractivity (Wildman–Crippen MR) is 79.4 cm³/mol. The molecule has 0 aliphatic carbocycles. The molecule has 0 saturated carbocycles. The van der Waals surface area contributed by atoms with Crippen LogP contribution in [-0.2, 0) is 9.84 Å². The molecule has 0 heterocycles. The van der Waals surface area contributed by atoms with E-state index in [4.69, 9.17) is 0 Å². The summed E-state index contributed by atoms with van der Waals surface area (Å²) in [5, 5.41) is 12.3. The number of aliphatic hydroxyl groups excluding tert-OH is 1. The Morgan fingerprint density at radius 3 is 2.17 bits per heavy atom. The molecule has 0 fully saturated rings. The maximum absolute atomic E-state index is 13.6. The fraction of sp³-hybridized carbons (Fsp3) is 0.200. The number of hydrogen-bond donors (Lipinski definition) is 2. The highest BCUT2D eigenvalue weighted by Crippen LogP contribution is 2.27. The average Bonchev–Trinajstić information content (AvgIpc) is 2.52. The van der Waals surface area contributed by atoms with Crippen LogP contribution in [0.1, 0.15) is 11.7 Å². The van der Waals surface area contributed by atoms with Crippen LogP contribution in [0.15, 0.2) is 47.4 Å². The molecule has 0 spiro atoms. The number of nitrogens with one attached hydrogen (secondary N) is 1. The number of sulfone groups is 1. The average molecular weight is 363 g/mol. The van der Waals surface area contributed by atoms with Crippen molar-refractivity contribution in [1.82, 2.24) is 0 Å². The van der Waals surface area contributed by atoms with E-state index < -0.39 is 50.3 Å². The number of benzene rings is 2. The summed E-state index contributed by atoms with van der Waals surface area (Å²) in [7, 11) is -4.86. The number of rotatable bonds is 6. The van der Waals surface area contributed by atoms with Gasteiger partial charge in [-0.3, -0.25) is 0 Å². The quantitative estimate of drug-likeness (QED) is 0.774. The van der Waals surface area contributed by atoms with E-state index in [0.29, 0.717) is 0 Å². The van der Waals surface area contributed by atoms with Gasteiger partial charge in [0, 0.05) is 6.54 Å². The number of anilines is 1. The van der Waals surface area contributed by atoms with Gasteiger partial charge in [-0.15, -0.1) is 0 Å². The largest absolute Gasteiger partial charge is 0.386 e. The molecule has 0 amide bonds. The lowest BCUT2D eigenvalue weighted by Crippen LogP contribution is -2.18. The van der Waals surface area contributed by atoms with Gasteiger partial charge in [-0.25, -0.2) is 17.2 Å². The van der Waals surface area contributed by atoms with Crippen molar-refractivity contribution in [2.24, 2.45) is 0 Å². The summed E-state index contributed by atoms with van der Waals surface area (Å²) in [4.78, 5) is -0.666. The number of para-hydroxylation sites is 1. The summed E-state index contributed by atoms with van der Waals surface area (Å²) >= 11 is 0. The molecule has 1 unspecified atom stereocenters. The normalized spacial score (nSPS) is 13.1. The van der Waals surface area contributed by atoms with E-state index >= 15 is 0 Å². The number of hydrogen-bond acceptors (Lipinski definition) is 4. The Balaban J connectivity index is 2.25. The van der Waals surface area contributed by atoms with E-state index in [1.807, 2.05) is 0 Å². The summed E-state index contributed by atoms with van der Waals surface area (Å²) in [6, 6.07) is 7.86. The molecule has 1 atom stereocenters. The molecule has 2 aromatic carbocycles. The monoisotopic (exact) mass is 363 g/mol. The van der Waals surface area contributed by atoms with Crippen LogP contribution >= 0.6 is 0 Å². The van der Waals surface area contributed by atoms with Crippen molar-refractivity contribution < 1.29 is 31.1 Å². The molecule has 0 aliphatic heterocycles. The third-order valence-corrected chi connectivity index (χ3v) is 4.69. The van der Waals surface area contributed by atoms with Gasteiger partial charge in [-0.2, -0.15) is 8.78 Å². The predicted octanol–water partition coefficient (Wildman–Crippen LogP) is 3.11. The van der Waals surface area contributed by atoms with Crippen LogP contribution in [-0.4, -0.2) is 25.8 Å². The molecule has 4 nitrogen and oxygen atoms in total. The number of alkyl halides is 2. The SMILES string of the molecule is O=S(=O)(c1ccccc1NCC(O)c1c(F)cccc1F)C(F)F. The van der Waals surface area contributed by atoms with Crippen LogP contribution in [0.3, 0.4) is 0 Å². The maximum Gasteiger partial charge on any atom is 0.341 e. The zero-order chi connectivity index (χ0) is 17.9. The lowest BCUT2D eigenvalue weighted by Gasteiger charge is -2.16. The van der Waals surface area contributed by atoms with Crippen LogP contribution in [0.5, 0.6) is 0 Å². The minimum absolute atomic E-state index is 0.200. The Morgan fingerprint density at radius 2 is 1.58 bits per heavy atom. The first-order valence-corrected chi connectivity index (χ1v) is 8.26. The van der Waals surface area contributed by atoms with Crippen molar-refractivity contribution >= 4 is 15.5 Å². The molecule has 24 heavy (non-hydrogen) atoms. The van der Waals surface area contributed by atoms with E-state index in [1.165, 1.54) is 18.2 Å². The molecule has 9 heteroatoms. The third kappa shape index (κ3) is 3.68. The summed E-state index contributed by atoms with van der Waals surface area (Å²) in [5.74, 6) is -5.56. The molecule has 0 aromatic heterocycles. The Hall–Kier alpha value is -2.13. The van der Waals surface area contributed by atoms with Gasteiger partial charge in [0.25, 0.3) is 0 Å². The van der Waals surface area contributed by atoms with Crippen LogP contribution in [0.4, 0.5) is 23.2 Å². The standard InChI is InChI=1S/C15H13F4NO3S/c16-9-4-3-5-10(17)14(9)12(21)8-20-11-6-1-2-7-13(11)24(22,23)15(18)19/h1-7,12,15,20-21H,8H2. The van der Waals surface area contributed by atoms with Crippen molar-refractivity contribution in [3.8, 4) is 0 Å². The van der Waals surface area contributed by atoms with Crippen LogP contribution < -0.4 is 5.32 Å². The highest BCUT2D eigenvalue weighted by atomic mass is 32.2. The fourth-order valence-electron chi connectivity index (χ4n) is 2.09. The molecule has 0 aliphatic rings. The van der Waals surface area contributed by atoms with Gasteiger partial charge in [0.05, 0.1) is 16.1 Å². The molecular formula is C15H13F4NO3S. The highest BCUT2D eigenvalue weighted by molar-refractivity contribution is 7.91.